The number of ether oxygens (including phenoxy) is 1. The molecule has 1 aromatic carbocycles. The number of nitrogens with one attached hydrogen (secondary N) is 1. The number of alkyl halides is 3. The topological polar surface area (TPSA) is 84.7 Å². The maximum Gasteiger partial charge on any atom is 0.419 e. The molecule has 12 heteroatoms. The lowest BCUT2D eigenvalue weighted by molar-refractivity contribution is -0.140. The quantitative estimate of drug-likeness (QED) is 0.628. The van der Waals surface area contributed by atoms with E-state index in [1.807, 2.05) is 6.92 Å². The minimum absolute atomic E-state index is 0.00852. The van der Waals surface area contributed by atoms with Crippen LogP contribution in [0.5, 0.6) is 0 Å². The van der Waals surface area contributed by atoms with Gasteiger partial charge in [0.2, 0.25) is 11.7 Å². The van der Waals surface area contributed by atoms with Gasteiger partial charge in [-0.1, -0.05) is 12.1 Å². The van der Waals surface area contributed by atoms with E-state index in [0.29, 0.717) is 23.7 Å². The first-order chi connectivity index (χ1) is 16.4. The molecule has 3 atom stereocenters. The van der Waals surface area contributed by atoms with Crippen molar-refractivity contribution in [3.8, 4) is 0 Å². The fourth-order valence-electron chi connectivity index (χ4n) is 4.43. The number of aryl methyl sites for hydroxylation is 1. The molecule has 0 bridgehead atoms. The third kappa shape index (κ3) is 4.75. The number of rotatable bonds is 5. The average molecular weight is 501 g/mol. The number of amides is 2. The maximum absolute atomic E-state index is 14.8. The third-order valence-electron chi connectivity index (χ3n) is 6.58. The van der Waals surface area contributed by atoms with Crippen molar-refractivity contribution in [2.45, 2.75) is 45.5 Å². The second-order valence-electron chi connectivity index (χ2n) is 9.17. The minimum Gasteiger partial charge on any atom is -0.381 e. The Labute approximate surface area is 197 Å². The van der Waals surface area contributed by atoms with Gasteiger partial charge in [0.25, 0.3) is 5.91 Å². The van der Waals surface area contributed by atoms with E-state index in [1.165, 1.54) is 4.90 Å². The van der Waals surface area contributed by atoms with Gasteiger partial charge in [-0.25, -0.2) is 8.78 Å². The Kier molecular flexibility index (Phi) is 6.60. The van der Waals surface area contributed by atoms with Gasteiger partial charge < -0.3 is 19.5 Å². The van der Waals surface area contributed by atoms with Crippen molar-refractivity contribution < 1.29 is 40.8 Å². The van der Waals surface area contributed by atoms with E-state index in [-0.39, 0.29) is 37.5 Å². The fraction of sp³-hybridized carbons (Fsp3) is 0.522. The van der Waals surface area contributed by atoms with Crippen LogP contribution in [0.2, 0.25) is 0 Å². The normalized spacial score (nSPS) is 21.7. The molecule has 0 saturated carbocycles. The van der Waals surface area contributed by atoms with Crippen molar-refractivity contribution in [1.82, 2.24) is 15.4 Å². The molecule has 3 heterocycles. The number of likely N-dealkylation sites (tertiary alicyclic amines) is 1. The molecule has 2 amide bonds. The molecule has 2 aliphatic rings. The van der Waals surface area contributed by atoms with Crippen molar-refractivity contribution in [2.75, 3.05) is 19.8 Å². The highest BCUT2D eigenvalue weighted by Gasteiger charge is 2.43. The predicted octanol–water partition coefficient (Wildman–Crippen LogP) is 3.94. The molecule has 0 aliphatic carbocycles. The van der Waals surface area contributed by atoms with Gasteiger partial charge in [-0.2, -0.15) is 13.2 Å². The lowest BCUT2D eigenvalue weighted by Gasteiger charge is -2.36. The average Bonchev–Trinajstić information content (AvgIpc) is 3.29. The van der Waals surface area contributed by atoms with Crippen molar-refractivity contribution in [3.63, 3.8) is 0 Å². The lowest BCUT2D eigenvalue weighted by Crippen LogP contribution is -2.50. The van der Waals surface area contributed by atoms with Crippen LogP contribution in [0.4, 0.5) is 22.0 Å². The first-order valence-electron chi connectivity index (χ1n) is 11.1. The Bertz CT molecular complexity index is 1140. The van der Waals surface area contributed by atoms with Crippen LogP contribution >= 0.6 is 0 Å². The molecule has 2 aromatic rings. The van der Waals surface area contributed by atoms with Crippen LogP contribution in [0.3, 0.4) is 0 Å². The molecular weight excluding hydrogens is 477 g/mol. The second kappa shape index (κ2) is 9.21. The van der Waals surface area contributed by atoms with Gasteiger partial charge in [0.15, 0.2) is 0 Å². The molecule has 2 fully saturated rings. The first kappa shape index (κ1) is 25.1. The number of carbonyl (C=O) groups is 2. The van der Waals surface area contributed by atoms with Gasteiger partial charge in [-0.3, -0.25) is 9.59 Å². The van der Waals surface area contributed by atoms with Crippen molar-refractivity contribution in [2.24, 2.45) is 11.8 Å². The van der Waals surface area contributed by atoms with Crippen LogP contribution in [-0.4, -0.2) is 47.7 Å². The second-order valence-corrected chi connectivity index (χ2v) is 9.17. The molecule has 1 N–H and O–H groups in total. The number of benzene rings is 1. The summed E-state index contributed by atoms with van der Waals surface area (Å²) in [6.45, 7) is 5.67. The number of aromatic nitrogens is 1. The summed E-state index contributed by atoms with van der Waals surface area (Å²) in [6, 6.07) is -1.53. The summed E-state index contributed by atoms with van der Waals surface area (Å²) in [5.41, 5.74) is -1.07. The standard InChI is InChI=1S/C23H24F5N3O4/c1-10-4-18(31(7-10)22(33)20-11(2)12(3)30-35-20)21(32)29-19(13-8-34-9-13)14-5-17(25)15(6-16(14)24)23(26,27)28/h5-6,10,13,18-19H,4,7-9H2,1-3H3,(H,29,32)/t10-,18-,19-/m1/s1. The molecule has 0 radical (unpaired) electrons. The summed E-state index contributed by atoms with van der Waals surface area (Å²) in [5, 5.41) is 6.41. The van der Waals surface area contributed by atoms with Crippen LogP contribution < -0.4 is 5.32 Å². The molecule has 1 aromatic heterocycles. The van der Waals surface area contributed by atoms with Gasteiger partial charge in [-0.05, 0) is 38.3 Å². The summed E-state index contributed by atoms with van der Waals surface area (Å²) in [4.78, 5) is 27.7. The number of hydrogen-bond donors (Lipinski definition) is 1. The van der Waals surface area contributed by atoms with Crippen molar-refractivity contribution >= 4 is 11.8 Å². The fourth-order valence-corrected chi connectivity index (χ4v) is 4.43. The summed E-state index contributed by atoms with van der Waals surface area (Å²) in [7, 11) is 0. The van der Waals surface area contributed by atoms with E-state index in [1.54, 1.807) is 13.8 Å². The third-order valence-corrected chi connectivity index (χ3v) is 6.58. The highest BCUT2D eigenvalue weighted by molar-refractivity contribution is 5.97. The van der Waals surface area contributed by atoms with Crippen molar-refractivity contribution in [1.29, 1.82) is 0 Å². The van der Waals surface area contributed by atoms with Crippen LogP contribution in [0.1, 0.15) is 52.3 Å². The zero-order valence-corrected chi connectivity index (χ0v) is 19.2. The molecule has 190 valence electrons. The Hall–Kier alpha value is -3.02. The van der Waals surface area contributed by atoms with Crippen LogP contribution in [0.25, 0.3) is 0 Å². The minimum atomic E-state index is -5.07. The highest BCUT2D eigenvalue weighted by Crippen LogP contribution is 2.37. The molecule has 7 nitrogen and oxygen atoms in total. The Morgan fingerprint density at radius 1 is 1.17 bits per heavy atom. The number of nitrogens with zero attached hydrogens (tertiary/aromatic N) is 2. The monoisotopic (exact) mass is 501 g/mol. The van der Waals surface area contributed by atoms with Gasteiger partial charge >= 0.3 is 6.18 Å². The Balaban J connectivity index is 1.61. The molecule has 2 saturated heterocycles. The van der Waals surface area contributed by atoms with Crippen molar-refractivity contribution in [3.05, 3.63) is 51.9 Å². The van der Waals surface area contributed by atoms with Crippen LogP contribution in [0.15, 0.2) is 16.7 Å². The summed E-state index contributed by atoms with van der Waals surface area (Å²) in [6.07, 6.45) is -4.76. The summed E-state index contributed by atoms with van der Waals surface area (Å²) in [5.74, 6) is -4.60. The van der Waals surface area contributed by atoms with E-state index < -0.39 is 58.8 Å². The van der Waals surface area contributed by atoms with Crippen LogP contribution in [0, 0.1) is 37.3 Å². The van der Waals surface area contributed by atoms with Gasteiger partial charge in [0.05, 0.1) is 30.5 Å². The molecular formula is C23H24F5N3O4. The van der Waals surface area contributed by atoms with Gasteiger partial charge in [0.1, 0.15) is 17.7 Å². The predicted molar refractivity (Wildman–Crippen MR) is 111 cm³/mol. The first-order valence-corrected chi connectivity index (χ1v) is 11.1. The number of hydrogen-bond acceptors (Lipinski definition) is 5. The van der Waals surface area contributed by atoms with E-state index in [4.69, 9.17) is 9.26 Å². The zero-order chi connectivity index (χ0) is 25.7. The smallest absolute Gasteiger partial charge is 0.381 e. The Morgan fingerprint density at radius 3 is 2.40 bits per heavy atom. The van der Waals surface area contributed by atoms with Crippen LogP contribution in [-0.2, 0) is 15.7 Å². The van der Waals surface area contributed by atoms with E-state index >= 15 is 0 Å². The molecule has 35 heavy (non-hydrogen) atoms. The van der Waals surface area contributed by atoms with Gasteiger partial charge in [0, 0.05) is 23.6 Å². The molecule has 0 spiro atoms. The summed E-state index contributed by atoms with van der Waals surface area (Å²) >= 11 is 0. The van der Waals surface area contributed by atoms with E-state index in [9.17, 15) is 31.5 Å². The highest BCUT2D eigenvalue weighted by atomic mass is 19.4. The number of halogens is 5. The Morgan fingerprint density at radius 2 is 1.86 bits per heavy atom. The molecule has 0 unspecified atom stereocenters. The largest absolute Gasteiger partial charge is 0.419 e. The zero-order valence-electron chi connectivity index (χ0n) is 19.2. The molecule has 2 aliphatic heterocycles. The van der Waals surface area contributed by atoms with E-state index in [0.717, 1.165) is 0 Å². The maximum atomic E-state index is 14.8. The SMILES string of the molecule is Cc1noc(C(=O)N2C[C@H](C)C[C@@H]2C(=O)N[C@@H](c2cc(F)c(C(F)(F)F)cc2F)C2COC2)c1C. The summed E-state index contributed by atoms with van der Waals surface area (Å²) < 4.78 is 78.2. The lowest BCUT2D eigenvalue weighted by atomic mass is 9.89. The number of carbonyl (C=O) groups excluding carboxylic acids is 2. The van der Waals surface area contributed by atoms with Gasteiger partial charge in [-0.15, -0.1) is 0 Å². The molecule has 4 rings (SSSR count). The van der Waals surface area contributed by atoms with E-state index in [2.05, 4.69) is 10.5 Å².